The summed E-state index contributed by atoms with van der Waals surface area (Å²) in [6, 6.07) is 6.80. The minimum Gasteiger partial charge on any atom is -0.442 e. The summed E-state index contributed by atoms with van der Waals surface area (Å²) in [5, 5.41) is 13.3. The fraction of sp³-hybridized carbons (Fsp3) is 0.318. The minimum absolute atomic E-state index is 0.131. The first-order valence-corrected chi connectivity index (χ1v) is 10.5. The SMILES string of the molecule is CC(=O)NCC1CN(c2ccc(C3=CCN(C(=O)c4ccc([N+](=O)[O-])o4)CC3)c(F)c2)C(=O)O1. The Morgan fingerprint density at radius 1 is 1.29 bits per heavy atom. The van der Waals surface area contributed by atoms with Gasteiger partial charge in [0.2, 0.25) is 5.91 Å². The fourth-order valence-corrected chi connectivity index (χ4v) is 3.82. The van der Waals surface area contributed by atoms with Crippen molar-refractivity contribution in [1.82, 2.24) is 10.2 Å². The first kappa shape index (κ1) is 23.0. The van der Waals surface area contributed by atoms with E-state index in [0.717, 1.165) is 6.07 Å². The molecule has 1 unspecified atom stereocenters. The van der Waals surface area contributed by atoms with E-state index in [1.807, 2.05) is 0 Å². The summed E-state index contributed by atoms with van der Waals surface area (Å²) in [6.45, 7) is 2.19. The van der Waals surface area contributed by atoms with Crippen molar-refractivity contribution in [2.75, 3.05) is 31.1 Å². The molecule has 0 spiro atoms. The van der Waals surface area contributed by atoms with Gasteiger partial charge in [0.25, 0.3) is 5.91 Å². The van der Waals surface area contributed by atoms with Crippen molar-refractivity contribution in [1.29, 1.82) is 0 Å². The van der Waals surface area contributed by atoms with Gasteiger partial charge in [-0.2, -0.15) is 0 Å². The lowest BCUT2D eigenvalue weighted by Gasteiger charge is -2.26. The number of carbonyl (C=O) groups is 3. The van der Waals surface area contributed by atoms with Crippen LogP contribution < -0.4 is 10.2 Å². The first-order valence-electron chi connectivity index (χ1n) is 10.5. The van der Waals surface area contributed by atoms with Crippen LogP contribution in [0.3, 0.4) is 0 Å². The summed E-state index contributed by atoms with van der Waals surface area (Å²) in [5.41, 5.74) is 1.39. The highest BCUT2D eigenvalue weighted by Gasteiger charge is 2.33. The summed E-state index contributed by atoms with van der Waals surface area (Å²) in [6.07, 6.45) is 0.936. The molecule has 1 saturated heterocycles. The zero-order chi connectivity index (χ0) is 24.4. The molecule has 1 fully saturated rings. The Hall–Kier alpha value is -4.22. The molecule has 11 nitrogen and oxygen atoms in total. The van der Waals surface area contributed by atoms with Crippen LogP contribution in [0.5, 0.6) is 0 Å². The van der Waals surface area contributed by atoms with E-state index in [2.05, 4.69) is 5.32 Å². The molecule has 1 atom stereocenters. The Morgan fingerprint density at radius 3 is 2.71 bits per heavy atom. The molecule has 0 bridgehead atoms. The number of nitrogens with zero attached hydrogens (tertiary/aromatic N) is 3. The molecule has 4 rings (SSSR count). The van der Waals surface area contributed by atoms with E-state index in [1.165, 1.54) is 28.9 Å². The third-order valence-electron chi connectivity index (χ3n) is 5.54. The van der Waals surface area contributed by atoms with E-state index >= 15 is 0 Å². The quantitative estimate of drug-likeness (QED) is 0.504. The summed E-state index contributed by atoms with van der Waals surface area (Å²) in [4.78, 5) is 48.5. The van der Waals surface area contributed by atoms with E-state index in [0.29, 0.717) is 23.2 Å². The molecule has 0 radical (unpaired) electrons. The van der Waals surface area contributed by atoms with E-state index in [4.69, 9.17) is 9.15 Å². The van der Waals surface area contributed by atoms with Crippen LogP contribution in [0.2, 0.25) is 0 Å². The van der Waals surface area contributed by atoms with Gasteiger partial charge in [0.05, 0.1) is 24.8 Å². The highest BCUT2D eigenvalue weighted by atomic mass is 19.1. The van der Waals surface area contributed by atoms with Gasteiger partial charge in [-0.25, -0.2) is 9.18 Å². The van der Waals surface area contributed by atoms with E-state index in [9.17, 15) is 28.9 Å². The molecule has 34 heavy (non-hydrogen) atoms. The Bertz CT molecular complexity index is 1190. The van der Waals surface area contributed by atoms with Gasteiger partial charge in [-0.1, -0.05) is 6.08 Å². The van der Waals surface area contributed by atoms with Crippen molar-refractivity contribution < 1.29 is 32.9 Å². The van der Waals surface area contributed by atoms with E-state index < -0.39 is 34.7 Å². The lowest BCUT2D eigenvalue weighted by Crippen LogP contribution is -2.34. The van der Waals surface area contributed by atoms with E-state index in [-0.39, 0.29) is 37.8 Å². The van der Waals surface area contributed by atoms with Crippen LogP contribution in [0, 0.1) is 15.9 Å². The Morgan fingerprint density at radius 2 is 2.09 bits per heavy atom. The van der Waals surface area contributed by atoms with Gasteiger partial charge < -0.3 is 19.4 Å². The lowest BCUT2D eigenvalue weighted by molar-refractivity contribution is -0.402. The molecule has 2 aliphatic rings. The third-order valence-corrected chi connectivity index (χ3v) is 5.54. The number of hydrogen-bond acceptors (Lipinski definition) is 7. The van der Waals surface area contributed by atoms with Crippen LogP contribution in [0.4, 0.5) is 20.8 Å². The number of nitrogens with one attached hydrogen (secondary N) is 1. The highest BCUT2D eigenvalue weighted by molar-refractivity contribution is 5.92. The lowest BCUT2D eigenvalue weighted by atomic mass is 9.98. The molecular weight excluding hydrogens is 451 g/mol. The van der Waals surface area contributed by atoms with Gasteiger partial charge in [-0.05, 0) is 36.3 Å². The topological polar surface area (TPSA) is 135 Å². The maximum Gasteiger partial charge on any atom is 0.433 e. The van der Waals surface area contributed by atoms with Crippen LogP contribution >= 0.6 is 0 Å². The average molecular weight is 472 g/mol. The second-order valence-electron chi connectivity index (χ2n) is 7.84. The normalized spacial score (nSPS) is 17.9. The van der Waals surface area contributed by atoms with Crippen LogP contribution in [0.15, 0.2) is 40.8 Å². The number of halogens is 1. The van der Waals surface area contributed by atoms with Gasteiger partial charge in [-0.15, -0.1) is 0 Å². The van der Waals surface area contributed by atoms with Gasteiger partial charge in [0, 0.05) is 25.6 Å². The van der Waals surface area contributed by atoms with Crippen molar-refractivity contribution in [3.63, 3.8) is 0 Å². The number of furan rings is 1. The number of benzene rings is 1. The van der Waals surface area contributed by atoms with Crippen molar-refractivity contribution in [2.45, 2.75) is 19.4 Å². The summed E-state index contributed by atoms with van der Waals surface area (Å²) in [7, 11) is 0. The number of carbonyl (C=O) groups excluding carboxylic acids is 3. The predicted octanol–water partition coefficient (Wildman–Crippen LogP) is 2.72. The number of ether oxygens (including phenoxy) is 1. The fourth-order valence-electron chi connectivity index (χ4n) is 3.82. The Kier molecular flexibility index (Phi) is 6.30. The van der Waals surface area contributed by atoms with Crippen LogP contribution in [0.25, 0.3) is 5.57 Å². The predicted molar refractivity (Wildman–Crippen MR) is 117 cm³/mol. The zero-order valence-corrected chi connectivity index (χ0v) is 18.2. The van der Waals surface area contributed by atoms with Gasteiger partial charge in [-0.3, -0.25) is 24.6 Å². The number of rotatable bonds is 6. The van der Waals surface area contributed by atoms with Gasteiger partial charge in [0.15, 0.2) is 5.76 Å². The Labute approximate surface area is 192 Å². The summed E-state index contributed by atoms with van der Waals surface area (Å²) >= 11 is 0. The molecule has 3 amide bonds. The number of nitro groups is 1. The second-order valence-corrected chi connectivity index (χ2v) is 7.84. The largest absolute Gasteiger partial charge is 0.442 e. The smallest absolute Gasteiger partial charge is 0.433 e. The minimum atomic E-state index is -0.720. The molecule has 178 valence electrons. The molecule has 0 saturated carbocycles. The molecule has 1 aromatic heterocycles. The average Bonchev–Trinajstić information content (AvgIpc) is 3.44. The van der Waals surface area contributed by atoms with Gasteiger partial charge >= 0.3 is 12.0 Å². The molecule has 3 heterocycles. The maximum atomic E-state index is 14.9. The molecule has 1 aromatic carbocycles. The number of cyclic esters (lactones) is 1. The summed E-state index contributed by atoms with van der Waals surface area (Å²) in [5.74, 6) is -1.89. The second kappa shape index (κ2) is 9.33. The molecule has 12 heteroatoms. The number of amides is 3. The van der Waals surface area contributed by atoms with Crippen molar-refractivity contribution >= 4 is 35.1 Å². The first-order chi connectivity index (χ1) is 16.2. The van der Waals surface area contributed by atoms with Gasteiger partial charge in [0.1, 0.15) is 16.8 Å². The molecule has 2 aliphatic heterocycles. The number of hydrogen-bond donors (Lipinski definition) is 1. The van der Waals surface area contributed by atoms with Crippen molar-refractivity contribution in [3.8, 4) is 0 Å². The zero-order valence-electron chi connectivity index (χ0n) is 18.2. The molecule has 0 aliphatic carbocycles. The number of anilines is 1. The van der Waals surface area contributed by atoms with Crippen molar-refractivity contribution in [3.05, 3.63) is 63.7 Å². The van der Waals surface area contributed by atoms with E-state index in [1.54, 1.807) is 18.2 Å². The third kappa shape index (κ3) is 4.75. The molecular formula is C22H21FN4O7. The summed E-state index contributed by atoms with van der Waals surface area (Å²) < 4.78 is 25.1. The molecule has 1 N–H and O–H groups in total. The highest BCUT2D eigenvalue weighted by Crippen LogP contribution is 2.30. The Balaban J connectivity index is 1.42. The molecule has 2 aromatic rings. The monoisotopic (exact) mass is 472 g/mol. The standard InChI is InChI=1S/C22H21FN4O7/c1-13(28)24-11-16-12-26(22(30)33-16)15-2-3-17(18(23)10-15)14-6-8-25(9-7-14)21(29)19-4-5-20(34-19)27(31)32/h2-6,10,16H,7-9,11-12H2,1H3,(H,24,28). The van der Waals surface area contributed by atoms with Crippen LogP contribution in [0.1, 0.15) is 29.5 Å². The van der Waals surface area contributed by atoms with Crippen LogP contribution in [-0.2, 0) is 9.53 Å². The van der Waals surface area contributed by atoms with Crippen molar-refractivity contribution in [2.24, 2.45) is 0 Å². The maximum absolute atomic E-state index is 14.9. The van der Waals surface area contributed by atoms with Crippen LogP contribution in [-0.4, -0.2) is 60.0 Å².